The second kappa shape index (κ2) is 11.4. The number of phenolic OH excluding ortho intramolecular Hbond substituents is 2. The number of halogens is 5. The van der Waals surface area contributed by atoms with Crippen LogP contribution in [-0.2, 0) is 16.0 Å². The van der Waals surface area contributed by atoms with Crippen molar-refractivity contribution in [3.63, 3.8) is 0 Å². The summed E-state index contributed by atoms with van der Waals surface area (Å²) in [5.41, 5.74) is 3.84. The molecule has 1 aliphatic rings. The zero-order chi connectivity index (χ0) is 30.1. The molecule has 42 heavy (non-hydrogen) atoms. The molecule has 1 atom stereocenters. The topological polar surface area (TPSA) is 105 Å². The minimum atomic E-state index is -2.45. The summed E-state index contributed by atoms with van der Waals surface area (Å²) < 4.78 is 79.0. The molecule has 0 bridgehead atoms. The lowest BCUT2D eigenvalue weighted by molar-refractivity contribution is -0.137. The van der Waals surface area contributed by atoms with Crippen molar-refractivity contribution < 1.29 is 51.2 Å². The second-order valence-electron chi connectivity index (χ2n) is 9.37. The van der Waals surface area contributed by atoms with Gasteiger partial charge < -0.3 is 25.0 Å². The fraction of sp³-hybridized carbons (Fsp3) is 0.133. The molecule has 4 aromatic carbocycles. The van der Waals surface area contributed by atoms with Crippen LogP contribution in [0.5, 0.6) is 17.2 Å². The summed E-state index contributed by atoms with van der Waals surface area (Å²) in [5, 5.41) is 21.5. The maximum absolute atomic E-state index is 14.2. The van der Waals surface area contributed by atoms with Crippen LogP contribution in [0.1, 0.15) is 22.6 Å². The van der Waals surface area contributed by atoms with Gasteiger partial charge in [-0.1, -0.05) is 54.6 Å². The summed E-state index contributed by atoms with van der Waals surface area (Å²) in [5.74, 6) is -16.8. The largest absolute Gasteiger partial charge is 0.504 e. The molecule has 0 aliphatic heterocycles. The monoisotopic (exact) mass is 585 g/mol. The Morgan fingerprint density at radius 1 is 0.762 bits per heavy atom. The van der Waals surface area contributed by atoms with Crippen LogP contribution in [0.15, 0.2) is 66.7 Å². The molecule has 12 heteroatoms. The van der Waals surface area contributed by atoms with Crippen LogP contribution in [0.25, 0.3) is 11.1 Å². The number of esters is 1. The number of carbonyl (C=O) groups is 2. The number of aromatic hydroxyl groups is 2. The van der Waals surface area contributed by atoms with E-state index in [0.717, 1.165) is 34.4 Å². The van der Waals surface area contributed by atoms with Gasteiger partial charge in [0.2, 0.25) is 34.8 Å². The van der Waals surface area contributed by atoms with E-state index in [1.165, 1.54) is 6.07 Å². The summed E-state index contributed by atoms with van der Waals surface area (Å²) in [7, 11) is 0. The number of amides is 1. The quantitative estimate of drug-likeness (QED) is 0.0628. The molecule has 7 nitrogen and oxygen atoms in total. The Morgan fingerprint density at radius 2 is 1.31 bits per heavy atom. The predicted molar refractivity (Wildman–Crippen MR) is 137 cm³/mol. The van der Waals surface area contributed by atoms with Gasteiger partial charge >= 0.3 is 12.1 Å². The average Bonchev–Trinajstić information content (AvgIpc) is 3.31. The minimum absolute atomic E-state index is 0.128. The van der Waals surface area contributed by atoms with Crippen molar-refractivity contribution in [3.8, 4) is 28.4 Å². The van der Waals surface area contributed by atoms with E-state index in [-0.39, 0.29) is 18.1 Å². The number of hydrogen-bond donors (Lipinski definition) is 3. The van der Waals surface area contributed by atoms with Crippen molar-refractivity contribution in [2.24, 2.45) is 0 Å². The molecule has 0 heterocycles. The molecule has 0 aromatic heterocycles. The number of ether oxygens (including phenoxy) is 2. The first-order chi connectivity index (χ1) is 20.1. The van der Waals surface area contributed by atoms with Crippen molar-refractivity contribution in [2.45, 2.75) is 18.4 Å². The molecule has 0 unspecified atom stereocenters. The molecule has 0 radical (unpaired) electrons. The zero-order valence-electron chi connectivity index (χ0n) is 21.3. The Balaban J connectivity index is 1.37. The highest BCUT2D eigenvalue weighted by Crippen LogP contribution is 2.44. The third kappa shape index (κ3) is 5.30. The van der Waals surface area contributed by atoms with E-state index in [9.17, 15) is 41.8 Å². The Hall–Kier alpha value is -5.13. The lowest BCUT2D eigenvalue weighted by atomic mass is 9.98. The number of alkyl carbamates (subject to hydrolysis) is 1. The molecular formula is C30H20F5NO6. The van der Waals surface area contributed by atoms with Gasteiger partial charge in [0.05, 0.1) is 0 Å². The van der Waals surface area contributed by atoms with Gasteiger partial charge in [0.1, 0.15) is 12.6 Å². The van der Waals surface area contributed by atoms with E-state index in [1.807, 2.05) is 48.5 Å². The summed E-state index contributed by atoms with van der Waals surface area (Å²) in [6.07, 6.45) is -1.65. The van der Waals surface area contributed by atoms with Gasteiger partial charge in [0, 0.05) is 12.3 Å². The molecule has 5 rings (SSSR count). The lowest BCUT2D eigenvalue weighted by Crippen LogP contribution is -2.45. The number of phenols is 2. The van der Waals surface area contributed by atoms with E-state index < -0.39 is 70.9 Å². The molecule has 0 saturated heterocycles. The minimum Gasteiger partial charge on any atom is -0.504 e. The van der Waals surface area contributed by atoms with Crippen molar-refractivity contribution in [1.82, 2.24) is 5.32 Å². The normalized spacial score (nSPS) is 12.8. The Labute approximate surface area is 234 Å². The van der Waals surface area contributed by atoms with Crippen LogP contribution in [0, 0.1) is 29.1 Å². The van der Waals surface area contributed by atoms with Crippen LogP contribution in [0.2, 0.25) is 0 Å². The molecule has 216 valence electrons. The van der Waals surface area contributed by atoms with Crippen molar-refractivity contribution in [1.29, 1.82) is 0 Å². The summed E-state index contributed by atoms with van der Waals surface area (Å²) in [4.78, 5) is 25.8. The zero-order valence-corrected chi connectivity index (χ0v) is 21.3. The average molecular weight is 585 g/mol. The van der Waals surface area contributed by atoms with Gasteiger partial charge in [-0.3, -0.25) is 0 Å². The number of benzene rings is 4. The van der Waals surface area contributed by atoms with Gasteiger partial charge in [0.15, 0.2) is 11.5 Å². The molecule has 4 aromatic rings. The third-order valence-electron chi connectivity index (χ3n) is 6.77. The van der Waals surface area contributed by atoms with Gasteiger partial charge in [0.25, 0.3) is 0 Å². The van der Waals surface area contributed by atoms with E-state index in [2.05, 4.69) is 10.1 Å². The first-order valence-corrected chi connectivity index (χ1v) is 12.4. The highest BCUT2D eigenvalue weighted by Gasteiger charge is 2.33. The van der Waals surface area contributed by atoms with E-state index in [4.69, 9.17) is 4.74 Å². The number of rotatable bonds is 7. The van der Waals surface area contributed by atoms with Gasteiger partial charge in [-0.15, -0.1) is 0 Å². The molecule has 1 amide bonds. The van der Waals surface area contributed by atoms with E-state index >= 15 is 0 Å². The van der Waals surface area contributed by atoms with E-state index in [1.54, 1.807) is 0 Å². The first kappa shape index (κ1) is 28.4. The van der Waals surface area contributed by atoms with Crippen LogP contribution >= 0.6 is 0 Å². The maximum atomic E-state index is 14.2. The van der Waals surface area contributed by atoms with Crippen LogP contribution < -0.4 is 10.1 Å². The van der Waals surface area contributed by atoms with Crippen molar-refractivity contribution in [3.05, 3.63) is 113 Å². The van der Waals surface area contributed by atoms with Gasteiger partial charge in [-0.05, 0) is 39.9 Å². The molecular weight excluding hydrogens is 565 g/mol. The van der Waals surface area contributed by atoms with Gasteiger partial charge in [-0.25, -0.2) is 22.8 Å². The maximum Gasteiger partial charge on any atom is 0.407 e. The fourth-order valence-corrected chi connectivity index (χ4v) is 4.75. The van der Waals surface area contributed by atoms with Gasteiger partial charge in [-0.2, -0.15) is 8.78 Å². The standard InChI is InChI=1S/C30H20F5NO6/c31-23-24(32)26(34)28(27(35)25(23)33)42-29(39)20(11-14-9-10-21(37)22(38)12-14)36-30(40)41-13-19-17-7-3-1-5-15(17)16-6-2-4-8-18(16)19/h1-10,12,19-20,37-38H,11,13H2,(H,36,40)/t20-/m0/s1. The molecule has 0 saturated carbocycles. The Morgan fingerprint density at radius 3 is 1.88 bits per heavy atom. The first-order valence-electron chi connectivity index (χ1n) is 12.4. The Bertz CT molecular complexity index is 1640. The second-order valence-corrected chi connectivity index (χ2v) is 9.37. The lowest BCUT2D eigenvalue weighted by Gasteiger charge is -2.20. The van der Waals surface area contributed by atoms with Crippen LogP contribution in [0.3, 0.4) is 0 Å². The summed E-state index contributed by atoms with van der Waals surface area (Å²) in [6, 6.07) is 16.6. The molecule has 0 fully saturated rings. The SMILES string of the molecule is O=C(N[C@@H](Cc1ccc(O)c(O)c1)C(=O)Oc1c(F)c(F)c(F)c(F)c1F)OCC1c2ccccc2-c2ccccc21. The predicted octanol–water partition coefficient (Wildman–Crippen LogP) is 5.85. The highest BCUT2D eigenvalue weighted by molar-refractivity contribution is 5.84. The molecule has 0 spiro atoms. The molecule has 1 aliphatic carbocycles. The number of nitrogens with one attached hydrogen (secondary N) is 1. The number of fused-ring (bicyclic) bond motifs is 3. The van der Waals surface area contributed by atoms with Crippen molar-refractivity contribution in [2.75, 3.05) is 6.61 Å². The third-order valence-corrected chi connectivity index (χ3v) is 6.77. The van der Waals surface area contributed by atoms with Crippen molar-refractivity contribution >= 4 is 12.1 Å². The Kier molecular flexibility index (Phi) is 7.70. The smallest absolute Gasteiger partial charge is 0.407 e. The highest BCUT2D eigenvalue weighted by atomic mass is 19.2. The number of carbonyl (C=O) groups excluding carboxylic acids is 2. The summed E-state index contributed by atoms with van der Waals surface area (Å²) in [6.45, 7) is -0.167. The number of hydrogen-bond acceptors (Lipinski definition) is 6. The fourth-order valence-electron chi connectivity index (χ4n) is 4.75. The van der Waals surface area contributed by atoms with Crippen LogP contribution in [-0.4, -0.2) is 34.9 Å². The van der Waals surface area contributed by atoms with E-state index in [0.29, 0.717) is 0 Å². The van der Waals surface area contributed by atoms with Crippen LogP contribution in [0.4, 0.5) is 26.7 Å². The molecule has 3 N–H and O–H groups in total. The summed E-state index contributed by atoms with van der Waals surface area (Å²) >= 11 is 0.